The summed E-state index contributed by atoms with van der Waals surface area (Å²) in [6, 6.07) is 7.60. The van der Waals surface area contributed by atoms with Crippen molar-refractivity contribution >= 4 is 40.6 Å². The van der Waals surface area contributed by atoms with Crippen molar-refractivity contribution in [3.05, 3.63) is 99.0 Å². The van der Waals surface area contributed by atoms with Gasteiger partial charge in [0.2, 0.25) is 17.7 Å². The van der Waals surface area contributed by atoms with Crippen LogP contribution in [0.3, 0.4) is 0 Å². The summed E-state index contributed by atoms with van der Waals surface area (Å²) >= 11 is 0. The third kappa shape index (κ3) is 11.9. The van der Waals surface area contributed by atoms with Crippen molar-refractivity contribution in [2.45, 2.75) is 113 Å². The number of aliphatic hydroxyl groups excluding tert-OH is 1. The van der Waals surface area contributed by atoms with Crippen LogP contribution in [0, 0.1) is 5.92 Å². The van der Waals surface area contributed by atoms with E-state index < -0.39 is 89.6 Å². The smallest absolute Gasteiger partial charge is 0.330 e. The first-order chi connectivity index (χ1) is 30.6. The number of nitrogens with zero attached hydrogens (tertiary/aromatic N) is 2. The number of carboxylic acids is 1. The maximum Gasteiger partial charge on any atom is 0.330 e. The molecular formula is C44H57N9O11. The van der Waals surface area contributed by atoms with Gasteiger partial charge in [0.1, 0.15) is 30.0 Å². The fourth-order valence-corrected chi connectivity index (χ4v) is 8.50. The number of H-pyrrole nitrogens is 2. The van der Waals surface area contributed by atoms with E-state index in [-0.39, 0.29) is 43.9 Å². The number of aliphatic carboxylic acids is 1. The number of fused-ring (bicyclic) bond motifs is 1. The number of nitrogens with one attached hydrogen (secondary N) is 6. The molecular weight excluding hydrogens is 831 g/mol. The average molecular weight is 888 g/mol. The fraction of sp³-hybridized carbons (Fsp3) is 0.477. The first-order valence-corrected chi connectivity index (χ1v) is 21.5. The van der Waals surface area contributed by atoms with Crippen molar-refractivity contribution in [2.75, 3.05) is 13.6 Å². The Hall–Kier alpha value is -6.51. The Morgan fingerprint density at radius 1 is 0.953 bits per heavy atom. The van der Waals surface area contributed by atoms with Gasteiger partial charge in [-0.2, -0.15) is 0 Å². The summed E-state index contributed by atoms with van der Waals surface area (Å²) in [6.07, 6.45) is 4.32. The molecule has 20 heteroatoms. The standard InChI is InChI=1S/C44H57N9O11/c1-24(52(2)40(59)31(45)18-26-11-8-12-28(54)17-26)37(39(58)47-23-29-21-35(55)41(64-29)53-16-15-36(56)50-44(53)63)51-38(57)33(19-25-9-4-3-5-10-25)48-43(62)49-34(42(60)61)20-27-22-46-32-14-7-6-13-30(27)32/h6-8,11-17,22,24-25,29,31,33-35,37,41,46,54-55H,3-5,9-10,18-21,23,45H2,1-2H3,(H,47,58)(H,51,57)(H,60,61)(H2,48,49,62)(H,50,56,63)/t24-,29+,31?,33?,34-,35+,37-,41+/m0/s1. The van der Waals surface area contributed by atoms with E-state index in [0.29, 0.717) is 11.1 Å². The number of hydrogen-bond acceptors (Lipinski definition) is 11. The van der Waals surface area contributed by atoms with Crippen LogP contribution in [0.5, 0.6) is 5.75 Å². The van der Waals surface area contributed by atoms with Gasteiger partial charge in [0.25, 0.3) is 5.56 Å². The summed E-state index contributed by atoms with van der Waals surface area (Å²) in [5.74, 6) is -3.35. The Kier molecular flexibility index (Phi) is 15.6. The van der Waals surface area contributed by atoms with Gasteiger partial charge in [-0.05, 0) is 55.0 Å². The lowest BCUT2D eigenvalue weighted by atomic mass is 9.84. The quantitative estimate of drug-likeness (QED) is 0.0662. The van der Waals surface area contributed by atoms with Gasteiger partial charge in [-0.25, -0.2) is 14.4 Å². The molecule has 2 aromatic carbocycles. The largest absolute Gasteiger partial charge is 0.508 e. The number of carbonyl (C=O) groups excluding carboxylic acids is 4. The molecule has 0 bridgehead atoms. The van der Waals surface area contributed by atoms with Crippen LogP contribution in [0.1, 0.15) is 69.2 Å². The number of phenols is 1. The van der Waals surface area contributed by atoms with Crippen LogP contribution in [0.25, 0.3) is 10.9 Å². The number of aliphatic hydroxyl groups is 1. The van der Waals surface area contributed by atoms with Gasteiger partial charge in [0.05, 0.1) is 18.2 Å². The third-order valence-electron chi connectivity index (χ3n) is 12.1. The van der Waals surface area contributed by atoms with Crippen LogP contribution >= 0.6 is 0 Å². The normalized spacial score (nSPS) is 20.0. The summed E-state index contributed by atoms with van der Waals surface area (Å²) in [4.78, 5) is 99.0. The van der Waals surface area contributed by atoms with Crippen LogP contribution in [-0.2, 0) is 36.8 Å². The highest BCUT2D eigenvalue weighted by Crippen LogP contribution is 2.29. The Bertz CT molecular complexity index is 2410. The number of aromatic nitrogens is 3. The highest BCUT2D eigenvalue weighted by atomic mass is 16.5. The summed E-state index contributed by atoms with van der Waals surface area (Å²) in [5.41, 5.74) is 6.97. The predicted octanol–water partition coefficient (Wildman–Crippen LogP) is 0.724. The number of carboxylic acid groups (broad SMARTS) is 1. The van der Waals surface area contributed by atoms with Gasteiger partial charge in [-0.1, -0.05) is 62.4 Å². The number of hydrogen-bond donors (Lipinski definition) is 10. The number of rotatable bonds is 18. The molecule has 5 amide bonds. The van der Waals surface area contributed by atoms with E-state index >= 15 is 0 Å². The zero-order chi connectivity index (χ0) is 46.1. The number of amides is 5. The molecule has 0 radical (unpaired) electrons. The number of urea groups is 1. The van der Waals surface area contributed by atoms with Crippen LogP contribution in [0.2, 0.25) is 0 Å². The van der Waals surface area contributed by atoms with Crippen molar-refractivity contribution < 1.29 is 44.0 Å². The lowest BCUT2D eigenvalue weighted by molar-refractivity contribution is -0.139. The molecule has 0 spiro atoms. The second-order valence-electron chi connectivity index (χ2n) is 16.7. The number of nitrogens with two attached hydrogens (primary N) is 1. The van der Waals surface area contributed by atoms with Crippen LogP contribution in [0.15, 0.2) is 76.6 Å². The van der Waals surface area contributed by atoms with Crippen molar-refractivity contribution in [1.82, 2.24) is 40.7 Å². The fourth-order valence-electron chi connectivity index (χ4n) is 8.50. The lowest BCUT2D eigenvalue weighted by Crippen LogP contribution is -2.63. The van der Waals surface area contributed by atoms with Gasteiger partial charge in [-0.15, -0.1) is 0 Å². The predicted molar refractivity (Wildman–Crippen MR) is 233 cm³/mol. The molecule has 1 saturated carbocycles. The SMILES string of the molecule is C[C@@H]([C@H](NC(=O)C(CC1CCCCC1)NC(=O)N[C@@H](Cc1c[nH]c2ccccc12)C(=O)O)C(=O)NC[C@H]1C[C@@H](O)[C@H](n2ccc(=O)[nH]c2=O)O1)N(C)C(=O)C(N)Cc1cccc(O)c1. The molecule has 1 aliphatic heterocycles. The molecule has 3 heterocycles. The summed E-state index contributed by atoms with van der Waals surface area (Å²) in [5, 5.41) is 42.3. The van der Waals surface area contributed by atoms with Gasteiger partial charge >= 0.3 is 17.7 Å². The molecule has 2 aromatic heterocycles. The minimum absolute atomic E-state index is 0.00741. The van der Waals surface area contributed by atoms with Crippen molar-refractivity contribution in [2.24, 2.45) is 11.7 Å². The Balaban J connectivity index is 1.20. The van der Waals surface area contributed by atoms with E-state index in [4.69, 9.17) is 10.5 Å². The lowest BCUT2D eigenvalue weighted by Gasteiger charge is -2.35. The van der Waals surface area contributed by atoms with Gasteiger partial charge in [0.15, 0.2) is 6.23 Å². The van der Waals surface area contributed by atoms with Crippen molar-refractivity contribution in [1.29, 1.82) is 0 Å². The average Bonchev–Trinajstić information content (AvgIpc) is 3.85. The van der Waals surface area contributed by atoms with Crippen molar-refractivity contribution in [3.8, 4) is 5.75 Å². The maximum absolute atomic E-state index is 14.4. The first kappa shape index (κ1) is 47.0. The van der Waals surface area contributed by atoms with E-state index in [2.05, 4.69) is 31.2 Å². The number of aromatic hydroxyl groups is 1. The third-order valence-corrected chi connectivity index (χ3v) is 12.1. The molecule has 11 N–H and O–H groups in total. The zero-order valence-electron chi connectivity index (χ0n) is 35.7. The van der Waals surface area contributed by atoms with E-state index in [1.807, 2.05) is 24.3 Å². The topological polar surface area (TPSA) is 303 Å². The van der Waals surface area contributed by atoms with Crippen molar-refractivity contribution in [3.63, 3.8) is 0 Å². The molecule has 64 heavy (non-hydrogen) atoms. The second kappa shape index (κ2) is 21.2. The van der Waals surface area contributed by atoms with Gasteiger partial charge in [-0.3, -0.25) is 28.7 Å². The first-order valence-electron chi connectivity index (χ1n) is 21.5. The minimum Gasteiger partial charge on any atom is -0.508 e. The molecule has 6 rings (SSSR count). The maximum atomic E-state index is 14.4. The molecule has 1 aliphatic carbocycles. The zero-order valence-corrected chi connectivity index (χ0v) is 35.7. The Morgan fingerprint density at radius 3 is 2.41 bits per heavy atom. The monoisotopic (exact) mass is 887 g/mol. The highest BCUT2D eigenvalue weighted by Gasteiger charge is 2.39. The van der Waals surface area contributed by atoms with Gasteiger partial charge < -0.3 is 56.9 Å². The summed E-state index contributed by atoms with van der Waals surface area (Å²) in [6.45, 7) is 1.34. The number of benzene rings is 2. The van der Waals surface area contributed by atoms with Crippen LogP contribution < -0.4 is 38.2 Å². The second-order valence-corrected chi connectivity index (χ2v) is 16.7. The van der Waals surface area contributed by atoms with E-state index in [1.165, 1.54) is 37.2 Å². The molecule has 1 saturated heterocycles. The van der Waals surface area contributed by atoms with E-state index in [9.17, 15) is 48.9 Å². The van der Waals surface area contributed by atoms with Crippen LogP contribution in [0.4, 0.5) is 4.79 Å². The molecule has 2 unspecified atom stereocenters. The number of phenolic OH excluding ortho intramolecular Hbond substituents is 1. The van der Waals surface area contributed by atoms with Gasteiger partial charge in [0, 0.05) is 55.8 Å². The Morgan fingerprint density at radius 2 is 1.69 bits per heavy atom. The molecule has 344 valence electrons. The summed E-state index contributed by atoms with van der Waals surface area (Å²) < 4.78 is 6.92. The number of carbonyl (C=O) groups is 5. The minimum atomic E-state index is -1.45. The van der Waals surface area contributed by atoms with E-state index in [0.717, 1.165) is 53.6 Å². The number of likely N-dealkylation sites (N-methyl/N-ethyl adjacent to an activating group) is 1. The molecule has 4 aromatic rings. The Labute approximate surface area is 367 Å². The van der Waals surface area contributed by atoms with E-state index in [1.54, 1.807) is 18.3 Å². The summed E-state index contributed by atoms with van der Waals surface area (Å²) in [7, 11) is 1.43. The molecule has 2 fully saturated rings. The van der Waals surface area contributed by atoms with Crippen LogP contribution in [-0.4, -0.2) is 120 Å². The number of aromatic amines is 2. The highest BCUT2D eigenvalue weighted by molar-refractivity contribution is 5.94. The molecule has 2 aliphatic rings. The molecule has 20 nitrogen and oxygen atoms in total. The molecule has 8 atom stereocenters. The number of para-hydroxylation sites is 1. The number of ether oxygens (including phenoxy) is 1.